The van der Waals surface area contributed by atoms with Crippen molar-refractivity contribution >= 4 is 11.3 Å². The lowest BCUT2D eigenvalue weighted by Gasteiger charge is -2.04. The fraction of sp³-hybridized carbons (Fsp3) is 0.300. The van der Waals surface area contributed by atoms with Gasteiger partial charge in [0.1, 0.15) is 0 Å². The molecule has 3 nitrogen and oxygen atoms in total. The quantitative estimate of drug-likeness (QED) is 0.833. The van der Waals surface area contributed by atoms with E-state index in [0.29, 0.717) is 0 Å². The molecule has 0 unspecified atom stereocenters. The maximum absolute atomic E-state index is 5.48. The molecule has 0 saturated carbocycles. The number of hydrogen-bond acceptors (Lipinski definition) is 3. The van der Waals surface area contributed by atoms with Crippen LogP contribution in [0.25, 0.3) is 11.3 Å². The van der Waals surface area contributed by atoms with Gasteiger partial charge in [-0.2, -0.15) is 11.3 Å². The fourth-order valence-electron chi connectivity index (χ4n) is 1.41. The van der Waals surface area contributed by atoms with Gasteiger partial charge < -0.3 is 10.3 Å². The van der Waals surface area contributed by atoms with E-state index in [1.807, 2.05) is 12.5 Å². The van der Waals surface area contributed by atoms with Gasteiger partial charge in [0.2, 0.25) is 0 Å². The first-order valence-corrected chi connectivity index (χ1v) is 5.59. The van der Waals surface area contributed by atoms with Crippen molar-refractivity contribution in [2.24, 2.45) is 5.73 Å². The van der Waals surface area contributed by atoms with Crippen molar-refractivity contribution in [1.82, 2.24) is 9.55 Å². The zero-order valence-electron chi connectivity index (χ0n) is 7.89. The third-order valence-electron chi connectivity index (χ3n) is 2.13. The van der Waals surface area contributed by atoms with Crippen LogP contribution < -0.4 is 5.73 Å². The van der Waals surface area contributed by atoms with Crippen LogP contribution in [0.2, 0.25) is 0 Å². The van der Waals surface area contributed by atoms with Gasteiger partial charge in [-0.3, -0.25) is 0 Å². The average molecular weight is 207 g/mol. The Labute approximate surface area is 87.2 Å². The lowest BCUT2D eigenvalue weighted by atomic mass is 10.2. The van der Waals surface area contributed by atoms with E-state index < -0.39 is 0 Å². The second-order valence-electron chi connectivity index (χ2n) is 3.13. The summed E-state index contributed by atoms with van der Waals surface area (Å²) >= 11 is 1.70. The van der Waals surface area contributed by atoms with Crippen LogP contribution in [0, 0.1) is 0 Å². The molecule has 2 aromatic heterocycles. The summed E-state index contributed by atoms with van der Waals surface area (Å²) < 4.78 is 2.15. The molecule has 0 amide bonds. The van der Waals surface area contributed by atoms with Gasteiger partial charge in [-0.25, -0.2) is 4.98 Å². The first kappa shape index (κ1) is 9.43. The number of thiophene rings is 1. The molecular weight excluding hydrogens is 194 g/mol. The molecule has 74 valence electrons. The van der Waals surface area contributed by atoms with E-state index in [2.05, 4.69) is 26.4 Å². The Morgan fingerprint density at radius 2 is 2.43 bits per heavy atom. The van der Waals surface area contributed by atoms with E-state index in [9.17, 15) is 0 Å². The number of rotatable bonds is 4. The summed E-state index contributed by atoms with van der Waals surface area (Å²) in [6.45, 7) is 1.67. The van der Waals surface area contributed by atoms with E-state index in [0.717, 1.165) is 19.5 Å². The van der Waals surface area contributed by atoms with Gasteiger partial charge in [0.25, 0.3) is 0 Å². The molecule has 0 aliphatic rings. The highest BCUT2D eigenvalue weighted by Crippen LogP contribution is 2.21. The molecule has 4 heteroatoms. The summed E-state index contributed by atoms with van der Waals surface area (Å²) in [5, 5.41) is 4.21. The summed E-state index contributed by atoms with van der Waals surface area (Å²) in [7, 11) is 0. The van der Waals surface area contributed by atoms with Gasteiger partial charge in [-0.1, -0.05) is 0 Å². The largest absolute Gasteiger partial charge is 0.331 e. The Hall–Kier alpha value is -1.13. The van der Waals surface area contributed by atoms with E-state index in [4.69, 9.17) is 5.73 Å². The van der Waals surface area contributed by atoms with Crippen LogP contribution in [-0.2, 0) is 6.54 Å². The normalized spacial score (nSPS) is 10.6. The van der Waals surface area contributed by atoms with Crippen LogP contribution in [-0.4, -0.2) is 16.1 Å². The van der Waals surface area contributed by atoms with Crippen molar-refractivity contribution in [2.75, 3.05) is 6.54 Å². The molecular formula is C10H13N3S. The van der Waals surface area contributed by atoms with Crippen molar-refractivity contribution in [3.05, 3.63) is 29.4 Å². The number of aromatic nitrogens is 2. The van der Waals surface area contributed by atoms with E-state index >= 15 is 0 Å². The lowest BCUT2D eigenvalue weighted by Crippen LogP contribution is -2.05. The molecule has 0 bridgehead atoms. The monoisotopic (exact) mass is 207 g/mol. The van der Waals surface area contributed by atoms with Crippen LogP contribution in [0.3, 0.4) is 0 Å². The zero-order valence-corrected chi connectivity index (χ0v) is 8.70. The van der Waals surface area contributed by atoms with Crippen LogP contribution in [0.4, 0.5) is 0 Å². The Balaban J connectivity index is 2.22. The van der Waals surface area contributed by atoms with Crippen molar-refractivity contribution in [3.63, 3.8) is 0 Å². The Morgan fingerprint density at radius 3 is 3.14 bits per heavy atom. The molecule has 0 aliphatic carbocycles. The van der Waals surface area contributed by atoms with Crippen molar-refractivity contribution in [1.29, 1.82) is 0 Å². The highest BCUT2D eigenvalue weighted by atomic mass is 32.1. The van der Waals surface area contributed by atoms with Crippen LogP contribution >= 0.6 is 11.3 Å². The third-order valence-corrected chi connectivity index (χ3v) is 2.82. The maximum Gasteiger partial charge on any atom is 0.0950 e. The molecule has 2 N–H and O–H groups in total. The van der Waals surface area contributed by atoms with Gasteiger partial charge in [0.15, 0.2) is 0 Å². The molecule has 0 aromatic carbocycles. The molecule has 0 spiro atoms. The minimum absolute atomic E-state index is 0.723. The average Bonchev–Trinajstić information content (AvgIpc) is 2.84. The minimum atomic E-state index is 0.723. The summed E-state index contributed by atoms with van der Waals surface area (Å²) in [5.74, 6) is 0. The first-order valence-electron chi connectivity index (χ1n) is 4.64. The second-order valence-corrected chi connectivity index (χ2v) is 3.91. The lowest BCUT2D eigenvalue weighted by molar-refractivity contribution is 0.655. The summed E-state index contributed by atoms with van der Waals surface area (Å²) in [5.41, 5.74) is 7.90. The van der Waals surface area contributed by atoms with Gasteiger partial charge in [-0.15, -0.1) is 0 Å². The molecule has 0 atom stereocenters. The number of aryl methyl sites for hydroxylation is 1. The topological polar surface area (TPSA) is 43.8 Å². The summed E-state index contributed by atoms with van der Waals surface area (Å²) in [6.07, 6.45) is 4.76. The summed E-state index contributed by atoms with van der Waals surface area (Å²) in [6, 6.07) is 2.11. The molecule has 0 fully saturated rings. The first-order chi connectivity index (χ1) is 6.92. The van der Waals surface area contributed by atoms with E-state index in [-0.39, 0.29) is 0 Å². The molecule has 2 heterocycles. The molecule has 0 radical (unpaired) electrons. The predicted octanol–water partition coefficient (Wildman–Crippen LogP) is 1.96. The number of imidazole rings is 1. The highest BCUT2D eigenvalue weighted by Gasteiger charge is 2.04. The van der Waals surface area contributed by atoms with E-state index in [1.54, 1.807) is 11.3 Å². The molecule has 14 heavy (non-hydrogen) atoms. The van der Waals surface area contributed by atoms with Crippen molar-refractivity contribution < 1.29 is 0 Å². The molecule has 0 aliphatic heterocycles. The maximum atomic E-state index is 5.48. The van der Waals surface area contributed by atoms with Crippen LogP contribution in [0.1, 0.15) is 6.42 Å². The van der Waals surface area contributed by atoms with Crippen molar-refractivity contribution in [3.8, 4) is 11.3 Å². The van der Waals surface area contributed by atoms with Gasteiger partial charge in [0, 0.05) is 17.5 Å². The van der Waals surface area contributed by atoms with Crippen LogP contribution in [0.5, 0.6) is 0 Å². The third kappa shape index (κ3) is 1.86. The molecule has 0 saturated heterocycles. The van der Waals surface area contributed by atoms with Crippen LogP contribution in [0.15, 0.2) is 29.4 Å². The fourth-order valence-corrected chi connectivity index (χ4v) is 2.06. The Morgan fingerprint density at radius 1 is 1.50 bits per heavy atom. The molecule has 2 rings (SSSR count). The number of nitrogens with zero attached hydrogens (tertiary/aromatic N) is 2. The Kier molecular flexibility index (Phi) is 2.96. The van der Waals surface area contributed by atoms with Gasteiger partial charge >= 0.3 is 0 Å². The standard InChI is InChI=1S/C10H13N3S/c11-3-1-4-13-8-12-6-10(13)9-2-5-14-7-9/h2,5-8H,1,3-4,11H2. The zero-order chi connectivity index (χ0) is 9.80. The van der Waals surface area contributed by atoms with Gasteiger partial charge in [0.05, 0.1) is 18.2 Å². The van der Waals surface area contributed by atoms with Gasteiger partial charge in [-0.05, 0) is 24.4 Å². The smallest absolute Gasteiger partial charge is 0.0950 e. The minimum Gasteiger partial charge on any atom is -0.331 e. The van der Waals surface area contributed by atoms with Crippen molar-refractivity contribution in [2.45, 2.75) is 13.0 Å². The number of hydrogen-bond donors (Lipinski definition) is 1. The number of nitrogens with two attached hydrogens (primary N) is 1. The van der Waals surface area contributed by atoms with E-state index in [1.165, 1.54) is 11.3 Å². The summed E-state index contributed by atoms with van der Waals surface area (Å²) in [4.78, 5) is 4.16. The Bertz CT molecular complexity index is 378. The SMILES string of the molecule is NCCCn1cncc1-c1ccsc1. The molecule has 2 aromatic rings. The predicted molar refractivity (Wildman–Crippen MR) is 59.2 cm³/mol. The second kappa shape index (κ2) is 4.39. The highest BCUT2D eigenvalue weighted by molar-refractivity contribution is 7.08.